The number of rotatable bonds is 13. The Morgan fingerprint density at radius 2 is 0.857 bits per heavy atom. The van der Waals surface area contributed by atoms with Crippen LogP contribution in [0.1, 0.15) is 124 Å². The topological polar surface area (TPSA) is 0 Å². The monoisotopic (exact) mass is 388 g/mol. The molecule has 1 aromatic carbocycles. The summed E-state index contributed by atoms with van der Waals surface area (Å²) in [4.78, 5) is 0. The summed E-state index contributed by atoms with van der Waals surface area (Å²) in [6.07, 6.45) is 10.5. The molecule has 0 N–H and O–H groups in total. The Morgan fingerprint density at radius 3 is 1.18 bits per heavy atom. The van der Waals surface area contributed by atoms with Crippen molar-refractivity contribution in [3.63, 3.8) is 0 Å². The van der Waals surface area contributed by atoms with E-state index >= 15 is 0 Å². The highest BCUT2D eigenvalue weighted by molar-refractivity contribution is 5.33. The fraction of sp³-hybridized carbons (Fsp3) is 0.786. The first-order chi connectivity index (χ1) is 12.7. The lowest BCUT2D eigenvalue weighted by molar-refractivity contribution is 0.441. The number of hydrogen-bond acceptors (Lipinski definition) is 0. The Kier molecular flexibility index (Phi) is 13.8. The minimum atomic E-state index is 0. The summed E-state index contributed by atoms with van der Waals surface area (Å²) < 4.78 is 0. The van der Waals surface area contributed by atoms with Gasteiger partial charge in [-0.15, -0.1) is 0 Å². The third-order valence-electron chi connectivity index (χ3n) is 5.75. The van der Waals surface area contributed by atoms with Crippen molar-refractivity contribution in [1.29, 1.82) is 0 Å². The van der Waals surface area contributed by atoms with Gasteiger partial charge in [-0.2, -0.15) is 0 Å². The van der Waals surface area contributed by atoms with Crippen LogP contribution in [0, 0.1) is 23.7 Å². The number of benzene rings is 1. The van der Waals surface area contributed by atoms with Gasteiger partial charge in [0, 0.05) is 0 Å². The molecular formula is C28H52. The largest absolute Gasteiger partial charge is 0.0776 e. The van der Waals surface area contributed by atoms with Crippen LogP contribution >= 0.6 is 0 Å². The van der Waals surface area contributed by atoms with Crippen LogP contribution in [-0.2, 0) is 12.8 Å². The number of hydrogen-bond donors (Lipinski definition) is 0. The maximum atomic E-state index is 2.56. The van der Waals surface area contributed by atoms with E-state index in [1.165, 1.54) is 51.4 Å². The Labute approximate surface area is 178 Å². The maximum absolute atomic E-state index is 2.56. The van der Waals surface area contributed by atoms with Gasteiger partial charge in [-0.3, -0.25) is 0 Å². The molecule has 0 aliphatic carbocycles. The fourth-order valence-corrected chi connectivity index (χ4v) is 3.77. The van der Waals surface area contributed by atoms with Crippen LogP contribution in [0.3, 0.4) is 0 Å². The summed E-state index contributed by atoms with van der Waals surface area (Å²) in [5, 5.41) is 0. The quantitative estimate of drug-likeness (QED) is 0.315. The molecule has 0 bridgehead atoms. The molecule has 28 heavy (non-hydrogen) atoms. The lowest BCUT2D eigenvalue weighted by Crippen LogP contribution is -2.06. The molecule has 0 saturated heterocycles. The maximum Gasteiger partial charge on any atom is -0.0162 e. The molecule has 0 heteroatoms. The first kappa shape index (κ1) is 27.2. The lowest BCUT2D eigenvalue weighted by atomic mass is 9.83. The van der Waals surface area contributed by atoms with Gasteiger partial charge in [-0.25, -0.2) is 0 Å². The molecule has 0 heterocycles. The van der Waals surface area contributed by atoms with Crippen molar-refractivity contribution in [3.8, 4) is 0 Å². The standard InChI is InChI=1S/C27H48.CH4/c1-20(2)9-13-24-17-25(14-10-21(3)4)19-27(18-24)26(15-11-22(5)6)16-12-23(7)8;/h17-23,26H,9-16H2,1-8H3;1H4. The average molecular weight is 389 g/mol. The SMILES string of the molecule is C.CC(C)CCc1cc(CCC(C)C)cc(C(CCC(C)C)CCC(C)C)c1. The minimum Gasteiger partial charge on any atom is -0.0776 e. The molecule has 1 aromatic rings. The van der Waals surface area contributed by atoms with E-state index < -0.39 is 0 Å². The molecule has 0 spiro atoms. The van der Waals surface area contributed by atoms with Crippen LogP contribution in [-0.4, -0.2) is 0 Å². The molecule has 0 fully saturated rings. The van der Waals surface area contributed by atoms with E-state index in [0.29, 0.717) is 0 Å². The van der Waals surface area contributed by atoms with Crippen molar-refractivity contribution in [2.75, 3.05) is 0 Å². The van der Waals surface area contributed by atoms with E-state index in [1.54, 1.807) is 16.7 Å². The second kappa shape index (κ2) is 14.2. The predicted molar refractivity (Wildman–Crippen MR) is 130 cm³/mol. The van der Waals surface area contributed by atoms with Crippen molar-refractivity contribution >= 4 is 0 Å². The van der Waals surface area contributed by atoms with Gasteiger partial charge >= 0.3 is 0 Å². The van der Waals surface area contributed by atoms with Crippen LogP contribution < -0.4 is 0 Å². The van der Waals surface area contributed by atoms with Crippen LogP contribution in [0.15, 0.2) is 18.2 Å². The van der Waals surface area contributed by atoms with Crippen LogP contribution in [0.4, 0.5) is 0 Å². The number of aryl methyl sites for hydroxylation is 2. The molecule has 0 unspecified atom stereocenters. The van der Waals surface area contributed by atoms with E-state index in [1.807, 2.05) is 0 Å². The third-order valence-corrected chi connectivity index (χ3v) is 5.75. The van der Waals surface area contributed by atoms with Gasteiger partial charge in [0.1, 0.15) is 0 Å². The molecule has 0 aromatic heterocycles. The van der Waals surface area contributed by atoms with Crippen molar-refractivity contribution in [2.45, 2.75) is 120 Å². The molecule has 0 radical (unpaired) electrons. The van der Waals surface area contributed by atoms with Crippen molar-refractivity contribution in [2.24, 2.45) is 23.7 Å². The Balaban J connectivity index is 0.00000729. The Bertz CT molecular complexity index is 465. The summed E-state index contributed by atoms with van der Waals surface area (Å²) in [7, 11) is 0. The normalized spacial score (nSPS) is 11.9. The summed E-state index contributed by atoms with van der Waals surface area (Å²) in [5.41, 5.74) is 4.80. The first-order valence-electron chi connectivity index (χ1n) is 11.8. The molecule has 164 valence electrons. The zero-order chi connectivity index (χ0) is 20.4. The van der Waals surface area contributed by atoms with E-state index in [4.69, 9.17) is 0 Å². The predicted octanol–water partition coefficient (Wildman–Crippen LogP) is 9.46. The van der Waals surface area contributed by atoms with Crippen molar-refractivity contribution < 1.29 is 0 Å². The summed E-state index contributed by atoms with van der Waals surface area (Å²) in [6, 6.07) is 7.63. The van der Waals surface area contributed by atoms with Crippen LogP contribution in [0.2, 0.25) is 0 Å². The van der Waals surface area contributed by atoms with E-state index in [-0.39, 0.29) is 7.43 Å². The molecule has 0 saturated carbocycles. The van der Waals surface area contributed by atoms with Gasteiger partial charge in [0.05, 0.1) is 0 Å². The Morgan fingerprint density at radius 1 is 0.500 bits per heavy atom. The van der Waals surface area contributed by atoms with Crippen LogP contribution in [0.5, 0.6) is 0 Å². The van der Waals surface area contributed by atoms with Gasteiger partial charge in [0.2, 0.25) is 0 Å². The Hall–Kier alpha value is -0.780. The summed E-state index contributed by atoms with van der Waals surface area (Å²) in [5.74, 6) is 3.91. The van der Waals surface area contributed by atoms with E-state index in [2.05, 4.69) is 73.6 Å². The zero-order valence-corrected chi connectivity index (χ0v) is 19.8. The van der Waals surface area contributed by atoms with Crippen molar-refractivity contribution in [3.05, 3.63) is 34.9 Å². The van der Waals surface area contributed by atoms with Gasteiger partial charge in [0.25, 0.3) is 0 Å². The smallest absolute Gasteiger partial charge is 0.0162 e. The van der Waals surface area contributed by atoms with Gasteiger partial charge in [0.15, 0.2) is 0 Å². The molecular weight excluding hydrogens is 336 g/mol. The molecule has 0 atom stereocenters. The van der Waals surface area contributed by atoms with Crippen molar-refractivity contribution in [1.82, 2.24) is 0 Å². The lowest BCUT2D eigenvalue weighted by Gasteiger charge is -2.22. The second-order valence-electron chi connectivity index (χ2n) is 10.6. The zero-order valence-electron chi connectivity index (χ0n) is 19.8. The second-order valence-corrected chi connectivity index (χ2v) is 10.6. The highest BCUT2D eigenvalue weighted by Gasteiger charge is 2.15. The van der Waals surface area contributed by atoms with Gasteiger partial charge in [-0.05, 0) is 84.8 Å². The first-order valence-corrected chi connectivity index (χ1v) is 11.8. The highest BCUT2D eigenvalue weighted by atomic mass is 14.2. The molecule has 0 amide bonds. The average Bonchev–Trinajstić information content (AvgIpc) is 2.57. The fourth-order valence-electron chi connectivity index (χ4n) is 3.77. The molecule has 1 rings (SSSR count). The van der Waals surface area contributed by atoms with E-state index in [0.717, 1.165) is 29.6 Å². The minimum absolute atomic E-state index is 0. The highest BCUT2D eigenvalue weighted by Crippen LogP contribution is 2.32. The molecule has 0 aliphatic rings. The summed E-state index contributed by atoms with van der Waals surface area (Å²) in [6.45, 7) is 18.9. The van der Waals surface area contributed by atoms with E-state index in [9.17, 15) is 0 Å². The van der Waals surface area contributed by atoms with Gasteiger partial charge in [-0.1, -0.05) is 93.9 Å². The third kappa shape index (κ3) is 11.9. The molecule has 0 nitrogen and oxygen atoms in total. The van der Waals surface area contributed by atoms with Gasteiger partial charge < -0.3 is 0 Å². The summed E-state index contributed by atoms with van der Waals surface area (Å²) >= 11 is 0. The van der Waals surface area contributed by atoms with Crippen LogP contribution in [0.25, 0.3) is 0 Å². The molecule has 0 aliphatic heterocycles.